The average Bonchev–Trinajstić information content (AvgIpc) is 2.95. The molecule has 20 heavy (non-hydrogen) atoms. The van der Waals surface area contributed by atoms with E-state index in [1.807, 2.05) is 24.4 Å². The number of halogens is 2. The molecular weight excluding hydrogens is 293 g/mol. The second-order valence-electron chi connectivity index (χ2n) is 4.73. The Morgan fingerprint density at radius 1 is 1.30 bits per heavy atom. The van der Waals surface area contributed by atoms with Crippen LogP contribution in [0.5, 0.6) is 0 Å². The van der Waals surface area contributed by atoms with Crippen LogP contribution < -0.4 is 5.32 Å². The molecular formula is C15H19Cl2N3. The monoisotopic (exact) mass is 311 g/mol. The quantitative estimate of drug-likeness (QED) is 0.744. The normalized spacial score (nSPS) is 12.6. The van der Waals surface area contributed by atoms with E-state index < -0.39 is 0 Å². The van der Waals surface area contributed by atoms with E-state index in [1.54, 1.807) is 6.20 Å². The molecule has 1 aromatic carbocycles. The predicted molar refractivity (Wildman–Crippen MR) is 84.4 cm³/mol. The summed E-state index contributed by atoms with van der Waals surface area (Å²) in [5.74, 6) is 1.04. The number of H-pyrrole nitrogens is 1. The lowest BCUT2D eigenvalue weighted by Crippen LogP contribution is -2.22. The van der Waals surface area contributed by atoms with E-state index in [-0.39, 0.29) is 0 Å². The Labute approximate surface area is 129 Å². The summed E-state index contributed by atoms with van der Waals surface area (Å²) < 4.78 is 0. The van der Waals surface area contributed by atoms with Gasteiger partial charge < -0.3 is 10.3 Å². The number of nitrogens with one attached hydrogen (secondary N) is 2. The fraction of sp³-hybridized carbons (Fsp3) is 0.400. The predicted octanol–water partition coefficient (Wildman–Crippen LogP) is 4.39. The lowest BCUT2D eigenvalue weighted by molar-refractivity contribution is 0.508. The second-order valence-corrected chi connectivity index (χ2v) is 5.54. The molecule has 0 saturated carbocycles. The van der Waals surface area contributed by atoms with Crippen LogP contribution in [0.4, 0.5) is 0 Å². The Hall–Kier alpha value is -1.03. The highest BCUT2D eigenvalue weighted by molar-refractivity contribution is 6.42. The minimum atomic E-state index is 0.307. The average molecular weight is 312 g/mol. The van der Waals surface area contributed by atoms with Crippen molar-refractivity contribution in [2.75, 3.05) is 6.54 Å². The summed E-state index contributed by atoms with van der Waals surface area (Å²) in [5, 5.41) is 4.76. The van der Waals surface area contributed by atoms with Crippen LogP contribution in [-0.4, -0.2) is 16.5 Å². The molecule has 0 aliphatic heterocycles. The smallest absolute Gasteiger partial charge is 0.106 e. The Morgan fingerprint density at radius 3 is 2.80 bits per heavy atom. The largest absolute Gasteiger partial charge is 0.349 e. The first-order valence-corrected chi connectivity index (χ1v) is 7.63. The summed E-state index contributed by atoms with van der Waals surface area (Å²) in [6.07, 6.45) is 6.66. The molecule has 0 saturated heterocycles. The Balaban J connectivity index is 1.84. The van der Waals surface area contributed by atoms with E-state index in [0.29, 0.717) is 16.1 Å². The third-order valence-corrected chi connectivity index (χ3v) is 4.03. The zero-order valence-corrected chi connectivity index (χ0v) is 13.0. The maximum absolute atomic E-state index is 6.07. The molecule has 0 fully saturated rings. The fourth-order valence-electron chi connectivity index (χ4n) is 2.19. The molecule has 1 aromatic heterocycles. The first-order valence-electron chi connectivity index (χ1n) is 6.87. The van der Waals surface area contributed by atoms with Crippen LogP contribution in [-0.2, 0) is 6.42 Å². The molecule has 2 N–H and O–H groups in total. The molecule has 1 heterocycles. The van der Waals surface area contributed by atoms with Crippen LogP contribution in [0.1, 0.15) is 37.2 Å². The first-order chi connectivity index (χ1) is 9.70. The van der Waals surface area contributed by atoms with Gasteiger partial charge in [0, 0.05) is 24.9 Å². The number of hydrogen-bond acceptors (Lipinski definition) is 2. The highest BCUT2D eigenvalue weighted by Gasteiger charge is 2.10. The van der Waals surface area contributed by atoms with Gasteiger partial charge in [-0.25, -0.2) is 4.98 Å². The molecule has 0 amide bonds. The first kappa shape index (κ1) is 15.4. The molecule has 0 radical (unpaired) electrons. The van der Waals surface area contributed by atoms with E-state index in [2.05, 4.69) is 22.2 Å². The van der Waals surface area contributed by atoms with Crippen molar-refractivity contribution >= 4 is 23.2 Å². The standard InChI is InChI=1S/C15H19Cl2N3/c1-2-14(11-5-6-12(16)13(17)10-11)18-7-3-4-15-19-8-9-20-15/h5-6,8-10,14,18H,2-4,7H2,1H3,(H,19,20). The lowest BCUT2D eigenvalue weighted by Gasteiger charge is -2.18. The van der Waals surface area contributed by atoms with Crippen LogP contribution in [0.2, 0.25) is 10.0 Å². The number of hydrogen-bond donors (Lipinski definition) is 2. The summed E-state index contributed by atoms with van der Waals surface area (Å²) in [6.45, 7) is 3.10. The number of aryl methyl sites for hydroxylation is 1. The van der Waals surface area contributed by atoms with Gasteiger partial charge >= 0.3 is 0 Å². The lowest BCUT2D eigenvalue weighted by atomic mass is 10.0. The van der Waals surface area contributed by atoms with Crippen molar-refractivity contribution in [3.63, 3.8) is 0 Å². The number of rotatable bonds is 7. The number of nitrogens with zero attached hydrogens (tertiary/aromatic N) is 1. The van der Waals surface area contributed by atoms with E-state index in [4.69, 9.17) is 23.2 Å². The maximum Gasteiger partial charge on any atom is 0.106 e. The summed E-state index contributed by atoms with van der Waals surface area (Å²) in [4.78, 5) is 7.33. The summed E-state index contributed by atoms with van der Waals surface area (Å²) >= 11 is 12.0. The molecule has 3 nitrogen and oxygen atoms in total. The van der Waals surface area contributed by atoms with Gasteiger partial charge in [0.25, 0.3) is 0 Å². The highest BCUT2D eigenvalue weighted by Crippen LogP contribution is 2.26. The molecule has 2 rings (SSSR count). The molecule has 2 aromatic rings. The zero-order chi connectivity index (χ0) is 14.4. The van der Waals surface area contributed by atoms with Crippen molar-refractivity contribution < 1.29 is 0 Å². The molecule has 0 spiro atoms. The van der Waals surface area contributed by atoms with E-state index in [1.165, 1.54) is 5.56 Å². The summed E-state index contributed by atoms with van der Waals surface area (Å²) in [6, 6.07) is 6.13. The van der Waals surface area contributed by atoms with Crippen molar-refractivity contribution in [2.24, 2.45) is 0 Å². The SMILES string of the molecule is CCC(NCCCc1ncc[nH]1)c1ccc(Cl)c(Cl)c1. The van der Waals surface area contributed by atoms with E-state index in [9.17, 15) is 0 Å². The minimum Gasteiger partial charge on any atom is -0.349 e. The van der Waals surface area contributed by atoms with Gasteiger partial charge in [-0.3, -0.25) is 0 Å². The Kier molecular flexibility index (Phi) is 5.89. The van der Waals surface area contributed by atoms with Crippen molar-refractivity contribution in [2.45, 2.75) is 32.2 Å². The summed E-state index contributed by atoms with van der Waals surface area (Å²) in [5.41, 5.74) is 1.18. The van der Waals surface area contributed by atoms with Gasteiger partial charge in [-0.15, -0.1) is 0 Å². The molecule has 0 bridgehead atoms. The number of aromatic nitrogens is 2. The topological polar surface area (TPSA) is 40.7 Å². The van der Waals surface area contributed by atoms with Gasteiger partial charge in [0.15, 0.2) is 0 Å². The van der Waals surface area contributed by atoms with Crippen LogP contribution in [0.3, 0.4) is 0 Å². The molecule has 1 unspecified atom stereocenters. The number of benzene rings is 1. The van der Waals surface area contributed by atoms with Crippen molar-refractivity contribution in [1.29, 1.82) is 0 Å². The fourth-order valence-corrected chi connectivity index (χ4v) is 2.50. The third kappa shape index (κ3) is 4.23. The van der Waals surface area contributed by atoms with Gasteiger partial charge in [-0.05, 0) is 37.1 Å². The number of aromatic amines is 1. The maximum atomic E-state index is 6.07. The van der Waals surface area contributed by atoms with Gasteiger partial charge in [0.1, 0.15) is 5.82 Å². The Bertz CT molecular complexity index is 526. The molecule has 5 heteroatoms. The van der Waals surface area contributed by atoms with Gasteiger partial charge in [-0.1, -0.05) is 36.2 Å². The van der Waals surface area contributed by atoms with E-state index in [0.717, 1.165) is 31.6 Å². The second kappa shape index (κ2) is 7.67. The van der Waals surface area contributed by atoms with Gasteiger partial charge in [0.2, 0.25) is 0 Å². The van der Waals surface area contributed by atoms with Gasteiger partial charge in [-0.2, -0.15) is 0 Å². The van der Waals surface area contributed by atoms with Crippen LogP contribution in [0.15, 0.2) is 30.6 Å². The molecule has 0 aliphatic rings. The van der Waals surface area contributed by atoms with Crippen LogP contribution >= 0.6 is 23.2 Å². The number of imidazole rings is 1. The Morgan fingerprint density at radius 2 is 2.15 bits per heavy atom. The van der Waals surface area contributed by atoms with Crippen LogP contribution in [0, 0.1) is 0 Å². The van der Waals surface area contributed by atoms with E-state index >= 15 is 0 Å². The van der Waals surface area contributed by atoms with Crippen LogP contribution in [0.25, 0.3) is 0 Å². The molecule has 1 atom stereocenters. The zero-order valence-electron chi connectivity index (χ0n) is 11.5. The molecule has 0 aliphatic carbocycles. The summed E-state index contributed by atoms with van der Waals surface area (Å²) in [7, 11) is 0. The minimum absolute atomic E-state index is 0.307. The van der Waals surface area contributed by atoms with Crippen molar-refractivity contribution in [1.82, 2.24) is 15.3 Å². The molecule has 108 valence electrons. The third-order valence-electron chi connectivity index (χ3n) is 3.29. The highest BCUT2D eigenvalue weighted by atomic mass is 35.5. The van der Waals surface area contributed by atoms with Crippen molar-refractivity contribution in [3.05, 3.63) is 52.0 Å². The van der Waals surface area contributed by atoms with Gasteiger partial charge in [0.05, 0.1) is 10.0 Å². The van der Waals surface area contributed by atoms with Crippen molar-refractivity contribution in [3.8, 4) is 0 Å².